The molecule has 5 nitrogen and oxygen atoms in total. The van der Waals surface area contributed by atoms with Gasteiger partial charge < -0.3 is 9.64 Å². The van der Waals surface area contributed by atoms with Gasteiger partial charge in [-0.25, -0.2) is 9.18 Å². The summed E-state index contributed by atoms with van der Waals surface area (Å²) in [6.07, 6.45) is 0.0848. The van der Waals surface area contributed by atoms with Crippen LogP contribution < -0.4 is 0 Å². The van der Waals surface area contributed by atoms with Crippen LogP contribution in [0.1, 0.15) is 51.8 Å². The zero-order valence-corrected chi connectivity index (χ0v) is 15.4. The summed E-state index contributed by atoms with van der Waals surface area (Å²) in [6, 6.07) is 4.52. The average Bonchev–Trinajstić information content (AvgIpc) is 2.57. The molecule has 0 spiro atoms. The Kier molecular flexibility index (Phi) is 4.05. The van der Waals surface area contributed by atoms with Crippen LogP contribution in [0.5, 0.6) is 0 Å². The summed E-state index contributed by atoms with van der Waals surface area (Å²) in [6.45, 7) is 9.65. The summed E-state index contributed by atoms with van der Waals surface area (Å²) >= 11 is 0. The number of hydrogen-bond acceptors (Lipinski definition) is 3. The number of carbonyl (C=O) groups excluding carboxylic acids is 2. The molecule has 1 fully saturated rings. The minimum atomic E-state index is -1.01. The third-order valence-corrected chi connectivity index (χ3v) is 4.81. The molecule has 0 saturated carbocycles. The lowest BCUT2D eigenvalue weighted by atomic mass is 9.92. The summed E-state index contributed by atoms with van der Waals surface area (Å²) in [5.41, 5.74) is -0.0548. The van der Waals surface area contributed by atoms with Crippen LogP contribution in [0.3, 0.4) is 0 Å². The van der Waals surface area contributed by atoms with Gasteiger partial charge in [-0.3, -0.25) is 9.69 Å². The molecule has 6 heteroatoms. The number of halogens is 1. The van der Waals surface area contributed by atoms with Crippen molar-refractivity contribution in [3.63, 3.8) is 0 Å². The quantitative estimate of drug-likeness (QED) is 0.723. The van der Waals surface area contributed by atoms with Crippen molar-refractivity contribution in [3.05, 3.63) is 35.1 Å². The molecule has 1 unspecified atom stereocenters. The van der Waals surface area contributed by atoms with Gasteiger partial charge in [-0.05, 0) is 64.3 Å². The first-order chi connectivity index (χ1) is 11.5. The Balaban J connectivity index is 1.98. The van der Waals surface area contributed by atoms with Crippen LogP contribution in [0.25, 0.3) is 0 Å². The maximum Gasteiger partial charge on any atom is 0.411 e. The van der Waals surface area contributed by atoms with E-state index in [-0.39, 0.29) is 24.3 Å². The first-order valence-corrected chi connectivity index (χ1v) is 8.60. The van der Waals surface area contributed by atoms with E-state index in [4.69, 9.17) is 4.74 Å². The SMILES string of the molecule is CC(C)(C)OC(=O)N1CC2c3cc(F)cc(c3)CCN2C(=O)C1(C)C. The van der Waals surface area contributed by atoms with Gasteiger partial charge in [0.25, 0.3) is 0 Å². The monoisotopic (exact) mass is 348 g/mol. The highest BCUT2D eigenvalue weighted by Gasteiger charge is 2.50. The average molecular weight is 348 g/mol. The molecule has 1 aromatic rings. The number of benzene rings is 1. The van der Waals surface area contributed by atoms with Crippen LogP contribution in [0.4, 0.5) is 9.18 Å². The number of fused-ring (bicyclic) bond motifs is 4. The molecule has 0 aliphatic carbocycles. The van der Waals surface area contributed by atoms with Gasteiger partial charge >= 0.3 is 6.09 Å². The smallest absolute Gasteiger partial charge is 0.411 e. The summed E-state index contributed by atoms with van der Waals surface area (Å²) in [7, 11) is 0. The van der Waals surface area contributed by atoms with Crippen molar-refractivity contribution in [1.82, 2.24) is 9.80 Å². The standard InChI is InChI=1S/C19H25FN2O3/c1-18(2,3)25-17(24)22-11-15-13-8-12(9-14(20)10-13)6-7-21(15)16(23)19(22,4)5/h8-10,15H,6-7,11H2,1-5H3. The highest BCUT2D eigenvalue weighted by molar-refractivity contribution is 5.91. The largest absolute Gasteiger partial charge is 0.444 e. The molecule has 2 aliphatic heterocycles. The van der Waals surface area contributed by atoms with Crippen LogP contribution in [-0.4, -0.2) is 46.0 Å². The van der Waals surface area contributed by atoms with Gasteiger partial charge in [0.05, 0.1) is 6.04 Å². The lowest BCUT2D eigenvalue weighted by molar-refractivity contribution is -0.153. The molecule has 1 aromatic carbocycles. The number of rotatable bonds is 0. The number of ether oxygens (including phenoxy) is 1. The molecule has 0 N–H and O–H groups in total. The lowest BCUT2D eigenvalue weighted by Crippen LogP contribution is -2.65. The summed E-state index contributed by atoms with van der Waals surface area (Å²) in [5.74, 6) is -0.451. The molecule has 25 heavy (non-hydrogen) atoms. The second kappa shape index (κ2) is 5.71. The second-order valence-corrected chi connectivity index (χ2v) is 8.31. The Hall–Kier alpha value is -2.11. The first kappa shape index (κ1) is 17.7. The molecule has 2 amide bonds. The lowest BCUT2D eigenvalue weighted by Gasteiger charge is -2.49. The van der Waals surface area contributed by atoms with E-state index in [2.05, 4.69) is 0 Å². The number of carbonyl (C=O) groups is 2. The fourth-order valence-electron chi connectivity index (χ4n) is 3.53. The number of piperazine rings is 1. The van der Waals surface area contributed by atoms with Gasteiger partial charge in [0.1, 0.15) is 17.0 Å². The van der Waals surface area contributed by atoms with Crippen molar-refractivity contribution in [2.24, 2.45) is 0 Å². The summed E-state index contributed by atoms with van der Waals surface area (Å²) in [4.78, 5) is 29.0. The van der Waals surface area contributed by atoms with Crippen LogP contribution in [0.15, 0.2) is 18.2 Å². The molecule has 1 atom stereocenters. The maximum absolute atomic E-state index is 13.9. The fourth-order valence-corrected chi connectivity index (χ4v) is 3.53. The van der Waals surface area contributed by atoms with Crippen molar-refractivity contribution in [2.75, 3.05) is 13.1 Å². The Morgan fingerprint density at radius 2 is 1.96 bits per heavy atom. The van der Waals surface area contributed by atoms with Crippen LogP contribution in [-0.2, 0) is 16.0 Å². The predicted octanol–water partition coefficient (Wildman–Crippen LogP) is 3.28. The maximum atomic E-state index is 13.9. The van der Waals surface area contributed by atoms with Gasteiger partial charge in [-0.2, -0.15) is 0 Å². The topological polar surface area (TPSA) is 49.9 Å². The molecular formula is C19H25FN2O3. The molecule has 1 saturated heterocycles. The third kappa shape index (κ3) is 3.22. The van der Waals surface area contributed by atoms with Crippen molar-refractivity contribution in [2.45, 2.75) is 58.2 Å². The number of hydrogen-bond donors (Lipinski definition) is 0. The fraction of sp³-hybridized carbons (Fsp3) is 0.579. The van der Waals surface area contributed by atoms with E-state index in [1.54, 1.807) is 39.5 Å². The van der Waals surface area contributed by atoms with E-state index in [1.165, 1.54) is 17.0 Å². The van der Waals surface area contributed by atoms with E-state index in [0.717, 1.165) is 11.1 Å². The van der Waals surface area contributed by atoms with E-state index in [9.17, 15) is 14.0 Å². The van der Waals surface area contributed by atoms with Crippen LogP contribution in [0, 0.1) is 5.82 Å². The molecule has 2 aliphatic rings. The second-order valence-electron chi connectivity index (χ2n) is 8.31. The van der Waals surface area contributed by atoms with Crippen molar-refractivity contribution in [1.29, 1.82) is 0 Å². The minimum Gasteiger partial charge on any atom is -0.444 e. The van der Waals surface area contributed by atoms with E-state index >= 15 is 0 Å². The number of nitrogens with zero attached hydrogens (tertiary/aromatic N) is 2. The van der Waals surface area contributed by atoms with E-state index in [1.807, 2.05) is 6.07 Å². The Labute approximate surface area is 147 Å². The molecular weight excluding hydrogens is 323 g/mol. The Bertz CT molecular complexity index is 724. The summed E-state index contributed by atoms with van der Waals surface area (Å²) < 4.78 is 19.4. The van der Waals surface area contributed by atoms with Crippen LogP contribution in [0.2, 0.25) is 0 Å². The highest BCUT2D eigenvalue weighted by Crippen LogP contribution is 2.37. The third-order valence-electron chi connectivity index (χ3n) is 4.81. The predicted molar refractivity (Wildman–Crippen MR) is 91.6 cm³/mol. The van der Waals surface area contributed by atoms with Crippen LogP contribution >= 0.6 is 0 Å². The molecule has 3 rings (SSSR count). The zero-order chi connectivity index (χ0) is 18.6. The first-order valence-electron chi connectivity index (χ1n) is 8.60. The van der Waals surface area contributed by atoms with E-state index in [0.29, 0.717) is 13.0 Å². The number of amides is 2. The van der Waals surface area contributed by atoms with Gasteiger partial charge in [-0.1, -0.05) is 6.07 Å². The molecule has 136 valence electrons. The van der Waals surface area contributed by atoms with Gasteiger partial charge in [-0.15, -0.1) is 0 Å². The molecule has 0 aromatic heterocycles. The highest BCUT2D eigenvalue weighted by atomic mass is 19.1. The summed E-state index contributed by atoms with van der Waals surface area (Å²) in [5, 5.41) is 0. The molecule has 2 bridgehead atoms. The molecule has 0 radical (unpaired) electrons. The van der Waals surface area contributed by atoms with Crippen molar-refractivity contribution in [3.8, 4) is 0 Å². The minimum absolute atomic E-state index is 0.141. The Morgan fingerprint density at radius 1 is 1.28 bits per heavy atom. The normalized spacial score (nSPS) is 22.3. The van der Waals surface area contributed by atoms with Gasteiger partial charge in [0.15, 0.2) is 0 Å². The zero-order valence-electron chi connectivity index (χ0n) is 15.4. The van der Waals surface area contributed by atoms with Crippen molar-refractivity contribution >= 4 is 12.0 Å². The Morgan fingerprint density at radius 3 is 2.60 bits per heavy atom. The van der Waals surface area contributed by atoms with Crippen molar-refractivity contribution < 1.29 is 18.7 Å². The van der Waals surface area contributed by atoms with Gasteiger partial charge in [0.2, 0.25) is 5.91 Å². The molecule has 2 heterocycles. The van der Waals surface area contributed by atoms with E-state index < -0.39 is 17.2 Å². The van der Waals surface area contributed by atoms with Gasteiger partial charge in [0, 0.05) is 13.1 Å².